The summed E-state index contributed by atoms with van der Waals surface area (Å²) in [5.74, 6) is -4.24. The van der Waals surface area contributed by atoms with Crippen LogP contribution in [0, 0.1) is 24.7 Å². The van der Waals surface area contributed by atoms with Crippen LogP contribution >= 0.6 is 0 Å². The second-order valence-electron chi connectivity index (χ2n) is 8.47. The van der Waals surface area contributed by atoms with E-state index in [0.717, 1.165) is 24.5 Å². The zero-order valence-electron chi connectivity index (χ0n) is 20.0. The van der Waals surface area contributed by atoms with Crippen molar-refractivity contribution in [3.8, 4) is 0 Å². The molecule has 3 N–H and O–H groups in total. The highest BCUT2D eigenvalue weighted by molar-refractivity contribution is 5.93. The molecule has 16 heteroatoms. The summed E-state index contributed by atoms with van der Waals surface area (Å²) in [6.07, 6.45) is -6.34. The molecule has 1 aliphatic heterocycles. The number of nitrogens with one attached hydrogen (secondary N) is 1. The highest BCUT2D eigenvalue weighted by atomic mass is 19.4. The average molecular weight is 564 g/mol. The quantitative estimate of drug-likeness (QED) is 0.479. The number of nitrogens with zero attached hydrogens (tertiary/aromatic N) is 3. The van der Waals surface area contributed by atoms with E-state index in [1.165, 1.54) is 0 Å². The van der Waals surface area contributed by atoms with Crippen molar-refractivity contribution in [2.75, 3.05) is 18.4 Å². The van der Waals surface area contributed by atoms with Gasteiger partial charge in [0.2, 0.25) is 5.91 Å². The molecule has 0 radical (unpaired) electrons. The summed E-state index contributed by atoms with van der Waals surface area (Å²) >= 11 is 0. The lowest BCUT2D eigenvalue weighted by Crippen LogP contribution is -2.32. The first kappa shape index (κ1) is 31.0. The summed E-state index contributed by atoms with van der Waals surface area (Å²) < 4.78 is 63.5. The molecule has 1 aliphatic carbocycles. The van der Waals surface area contributed by atoms with Crippen molar-refractivity contribution in [1.82, 2.24) is 14.9 Å². The number of amides is 2. The van der Waals surface area contributed by atoms with Crippen molar-refractivity contribution < 1.29 is 55.7 Å². The third kappa shape index (κ3) is 9.54. The van der Waals surface area contributed by atoms with E-state index in [1.54, 1.807) is 24.5 Å². The normalized spacial score (nSPS) is 19.4. The minimum Gasteiger partial charge on any atom is -0.475 e. The van der Waals surface area contributed by atoms with Gasteiger partial charge in [0.15, 0.2) is 0 Å². The smallest absolute Gasteiger partial charge is 0.475 e. The summed E-state index contributed by atoms with van der Waals surface area (Å²) in [5.41, 5.74) is 2.08. The standard InChI is InChI=1S/C19H20N4O2.2C2HF3O2/c1-12-4-2-6-17(21-12)19(25)23-10-15-14(16(15)11-23)8-18(24)22-13-5-3-7-20-9-13;2*3-2(4,5)1(6)7/h2-7,9,14-16H,8,10-11H2,1H3,(H,22,24);2*(H,6,7)/t14?,15-,16+;;. The predicted molar refractivity (Wildman–Crippen MR) is 120 cm³/mol. The Bertz CT molecular complexity index is 1160. The van der Waals surface area contributed by atoms with Gasteiger partial charge in [-0.15, -0.1) is 0 Å². The number of rotatable bonds is 4. The van der Waals surface area contributed by atoms with Crippen LogP contribution in [0.15, 0.2) is 42.7 Å². The molecule has 1 unspecified atom stereocenters. The Balaban J connectivity index is 0.000000317. The molecule has 2 aliphatic rings. The fourth-order valence-electron chi connectivity index (χ4n) is 3.80. The van der Waals surface area contributed by atoms with Gasteiger partial charge in [0, 0.05) is 31.4 Å². The molecule has 2 aromatic rings. The van der Waals surface area contributed by atoms with Crippen molar-refractivity contribution in [3.63, 3.8) is 0 Å². The number of carboxylic acids is 2. The third-order valence-electron chi connectivity index (χ3n) is 5.62. The lowest BCUT2D eigenvalue weighted by molar-refractivity contribution is -0.193. The van der Waals surface area contributed by atoms with Crippen LogP contribution in [-0.4, -0.2) is 74.3 Å². The highest BCUT2D eigenvalue weighted by Gasteiger charge is 2.57. The summed E-state index contributed by atoms with van der Waals surface area (Å²) in [7, 11) is 0. The number of anilines is 1. The second kappa shape index (κ2) is 12.5. The fourth-order valence-corrected chi connectivity index (χ4v) is 3.80. The van der Waals surface area contributed by atoms with E-state index in [1.807, 2.05) is 30.0 Å². The number of carboxylic acid groups (broad SMARTS) is 2. The van der Waals surface area contributed by atoms with Gasteiger partial charge < -0.3 is 20.4 Å². The number of aliphatic carboxylic acids is 2. The number of aryl methyl sites for hydroxylation is 1. The second-order valence-corrected chi connectivity index (χ2v) is 8.47. The average Bonchev–Trinajstić information content (AvgIpc) is 3.25. The van der Waals surface area contributed by atoms with E-state index in [4.69, 9.17) is 19.8 Å². The first-order valence-corrected chi connectivity index (χ1v) is 11.0. The molecule has 2 amide bonds. The third-order valence-corrected chi connectivity index (χ3v) is 5.62. The van der Waals surface area contributed by atoms with Crippen molar-refractivity contribution in [1.29, 1.82) is 0 Å². The number of aromatic nitrogens is 2. The van der Waals surface area contributed by atoms with Crippen LogP contribution in [0.2, 0.25) is 0 Å². The maximum atomic E-state index is 12.5. The Morgan fingerprint density at radius 2 is 1.49 bits per heavy atom. The lowest BCUT2D eigenvalue weighted by atomic mass is 10.1. The molecule has 2 aromatic heterocycles. The Morgan fingerprint density at radius 3 is 1.92 bits per heavy atom. The minimum atomic E-state index is -5.08. The molecule has 0 bridgehead atoms. The monoisotopic (exact) mass is 564 g/mol. The maximum absolute atomic E-state index is 12.5. The topological polar surface area (TPSA) is 150 Å². The van der Waals surface area contributed by atoms with Crippen LogP contribution in [-0.2, 0) is 14.4 Å². The number of likely N-dealkylation sites (tertiary alicyclic amines) is 1. The van der Waals surface area contributed by atoms with Gasteiger partial charge in [-0.1, -0.05) is 6.07 Å². The van der Waals surface area contributed by atoms with E-state index in [9.17, 15) is 35.9 Å². The van der Waals surface area contributed by atoms with Crippen LogP contribution < -0.4 is 5.32 Å². The Hall–Kier alpha value is -4.24. The molecule has 2 fully saturated rings. The first-order valence-electron chi connectivity index (χ1n) is 11.0. The number of halogens is 6. The number of fused-ring (bicyclic) bond motifs is 1. The first-order chi connectivity index (χ1) is 18.0. The molecule has 212 valence electrons. The fraction of sp³-hybridized carbons (Fsp3) is 0.391. The molecule has 39 heavy (non-hydrogen) atoms. The largest absolute Gasteiger partial charge is 0.490 e. The van der Waals surface area contributed by atoms with Crippen molar-refractivity contribution in [2.24, 2.45) is 17.8 Å². The van der Waals surface area contributed by atoms with Crippen LogP contribution in [0.25, 0.3) is 0 Å². The number of pyridine rings is 2. The number of alkyl halides is 6. The molecule has 1 saturated heterocycles. The van der Waals surface area contributed by atoms with Gasteiger partial charge in [-0.3, -0.25) is 14.6 Å². The molecular formula is C23H22F6N4O6. The maximum Gasteiger partial charge on any atom is 0.490 e. The Morgan fingerprint density at radius 1 is 0.949 bits per heavy atom. The van der Waals surface area contributed by atoms with Gasteiger partial charge in [0.05, 0.1) is 11.9 Å². The summed E-state index contributed by atoms with van der Waals surface area (Å²) in [5, 5.41) is 17.1. The molecule has 0 aromatic carbocycles. The van der Waals surface area contributed by atoms with Crippen molar-refractivity contribution in [2.45, 2.75) is 25.7 Å². The molecule has 10 nitrogen and oxygen atoms in total. The molecule has 0 spiro atoms. The summed E-state index contributed by atoms with van der Waals surface area (Å²) in [6.45, 7) is 3.34. The van der Waals surface area contributed by atoms with Gasteiger partial charge in [0.1, 0.15) is 5.69 Å². The van der Waals surface area contributed by atoms with Gasteiger partial charge in [-0.2, -0.15) is 26.3 Å². The van der Waals surface area contributed by atoms with Crippen LogP contribution in [0.1, 0.15) is 22.6 Å². The van der Waals surface area contributed by atoms with Gasteiger partial charge in [-0.05, 0) is 48.9 Å². The SMILES string of the molecule is Cc1cccc(C(=O)N2C[C@@H]3C(CC(=O)Nc4cccnc4)[C@@H]3C2)n1.O=C(O)C(F)(F)F.O=C(O)C(F)(F)F. The molecule has 1 saturated carbocycles. The van der Waals surface area contributed by atoms with E-state index in [2.05, 4.69) is 15.3 Å². The lowest BCUT2D eigenvalue weighted by Gasteiger charge is -2.19. The molecule has 4 rings (SSSR count). The van der Waals surface area contributed by atoms with E-state index in [0.29, 0.717) is 29.9 Å². The predicted octanol–water partition coefficient (Wildman–Crippen LogP) is 3.40. The number of hydrogen-bond acceptors (Lipinski definition) is 6. The summed E-state index contributed by atoms with van der Waals surface area (Å²) in [4.78, 5) is 52.6. The van der Waals surface area contributed by atoms with Crippen LogP contribution in [0.4, 0.5) is 32.0 Å². The number of carbonyl (C=O) groups is 4. The van der Waals surface area contributed by atoms with E-state index >= 15 is 0 Å². The zero-order chi connectivity index (χ0) is 29.5. The minimum absolute atomic E-state index is 0.00513. The van der Waals surface area contributed by atoms with E-state index < -0.39 is 24.3 Å². The van der Waals surface area contributed by atoms with Crippen molar-refractivity contribution in [3.05, 3.63) is 54.1 Å². The van der Waals surface area contributed by atoms with Gasteiger partial charge in [-0.25, -0.2) is 14.6 Å². The zero-order valence-corrected chi connectivity index (χ0v) is 20.0. The molecule has 3 heterocycles. The summed E-state index contributed by atoms with van der Waals surface area (Å²) in [6, 6.07) is 9.13. The van der Waals surface area contributed by atoms with Crippen molar-refractivity contribution >= 4 is 29.4 Å². The number of piperidine rings is 1. The van der Waals surface area contributed by atoms with Crippen LogP contribution in [0.3, 0.4) is 0 Å². The Kier molecular flexibility index (Phi) is 9.96. The van der Waals surface area contributed by atoms with Gasteiger partial charge in [0.25, 0.3) is 5.91 Å². The highest BCUT2D eigenvalue weighted by Crippen LogP contribution is 2.53. The van der Waals surface area contributed by atoms with Gasteiger partial charge >= 0.3 is 24.3 Å². The molecular weight excluding hydrogens is 542 g/mol. The van der Waals surface area contributed by atoms with E-state index in [-0.39, 0.29) is 11.8 Å². The number of carbonyl (C=O) groups excluding carboxylic acids is 2. The van der Waals surface area contributed by atoms with Crippen LogP contribution in [0.5, 0.6) is 0 Å². The molecule has 3 atom stereocenters. The number of hydrogen-bond donors (Lipinski definition) is 3. The Labute approximate surface area is 216 Å².